The van der Waals surface area contributed by atoms with E-state index in [4.69, 9.17) is 11.6 Å². The van der Waals surface area contributed by atoms with Crippen molar-refractivity contribution in [1.82, 2.24) is 19.6 Å². The van der Waals surface area contributed by atoms with Crippen LogP contribution in [0.5, 0.6) is 0 Å². The Morgan fingerprint density at radius 2 is 1.86 bits per heavy atom. The van der Waals surface area contributed by atoms with Gasteiger partial charge in [-0.3, -0.25) is 4.79 Å². The molecule has 1 N–H and O–H groups in total. The second-order valence-corrected chi connectivity index (χ2v) is 6.99. The lowest BCUT2D eigenvalue weighted by atomic mass is 10.2. The first-order valence-electron chi connectivity index (χ1n) is 8.90. The van der Waals surface area contributed by atoms with Crippen LogP contribution in [0.3, 0.4) is 0 Å². The second-order valence-electron chi connectivity index (χ2n) is 6.55. The first-order chi connectivity index (χ1) is 14.0. The molecule has 0 aliphatic heterocycles. The van der Waals surface area contributed by atoms with Gasteiger partial charge in [-0.25, -0.2) is 9.07 Å². The average molecular weight is 410 g/mol. The Morgan fingerprint density at radius 3 is 2.55 bits per heavy atom. The predicted molar refractivity (Wildman–Crippen MR) is 109 cm³/mol. The molecular formula is C21H17ClFN5O. The van der Waals surface area contributed by atoms with E-state index < -0.39 is 5.91 Å². The van der Waals surface area contributed by atoms with Crippen molar-refractivity contribution in [1.29, 1.82) is 0 Å². The van der Waals surface area contributed by atoms with E-state index in [2.05, 4.69) is 15.6 Å². The highest BCUT2D eigenvalue weighted by molar-refractivity contribution is 6.30. The second kappa shape index (κ2) is 7.89. The van der Waals surface area contributed by atoms with E-state index in [0.29, 0.717) is 28.6 Å². The van der Waals surface area contributed by atoms with Gasteiger partial charge in [-0.15, -0.1) is 5.10 Å². The van der Waals surface area contributed by atoms with E-state index in [9.17, 15) is 9.18 Å². The van der Waals surface area contributed by atoms with Crippen LogP contribution in [0.1, 0.15) is 21.6 Å². The molecular weight excluding hydrogens is 393 g/mol. The molecule has 4 aromatic rings. The van der Waals surface area contributed by atoms with E-state index in [0.717, 1.165) is 5.56 Å². The maximum atomic E-state index is 13.3. The molecule has 0 spiro atoms. The number of aromatic nitrogens is 4. The molecule has 0 unspecified atom stereocenters. The highest BCUT2D eigenvalue weighted by atomic mass is 35.5. The van der Waals surface area contributed by atoms with Gasteiger partial charge < -0.3 is 9.88 Å². The SMILES string of the molecule is Cc1cc(F)ccc1NC(=O)c1nnn(Cc2ccc(Cl)cc2)c1-n1cccc1. The molecule has 1 amide bonds. The summed E-state index contributed by atoms with van der Waals surface area (Å²) >= 11 is 5.96. The van der Waals surface area contributed by atoms with Gasteiger partial charge in [0.2, 0.25) is 0 Å². The fourth-order valence-electron chi connectivity index (χ4n) is 3.00. The summed E-state index contributed by atoms with van der Waals surface area (Å²) in [5.74, 6) is -0.254. The zero-order valence-electron chi connectivity index (χ0n) is 15.5. The number of anilines is 1. The quantitative estimate of drug-likeness (QED) is 0.529. The van der Waals surface area contributed by atoms with Gasteiger partial charge in [0.25, 0.3) is 5.91 Å². The zero-order chi connectivity index (χ0) is 20.4. The number of carbonyl (C=O) groups is 1. The molecule has 0 bridgehead atoms. The number of rotatable bonds is 5. The van der Waals surface area contributed by atoms with E-state index in [1.165, 1.54) is 18.2 Å². The maximum absolute atomic E-state index is 13.3. The van der Waals surface area contributed by atoms with Crippen molar-refractivity contribution >= 4 is 23.2 Å². The van der Waals surface area contributed by atoms with E-state index in [-0.39, 0.29) is 11.5 Å². The number of carbonyl (C=O) groups excluding carboxylic acids is 1. The number of nitrogens with one attached hydrogen (secondary N) is 1. The lowest BCUT2D eigenvalue weighted by Gasteiger charge is -2.11. The predicted octanol–water partition coefficient (Wildman–Crippen LogP) is 4.47. The molecule has 6 nitrogen and oxygen atoms in total. The van der Waals surface area contributed by atoms with E-state index in [1.54, 1.807) is 28.3 Å². The lowest BCUT2D eigenvalue weighted by molar-refractivity contribution is 0.102. The number of amides is 1. The number of benzene rings is 2. The summed E-state index contributed by atoms with van der Waals surface area (Å²) in [5, 5.41) is 11.7. The van der Waals surface area contributed by atoms with E-state index in [1.807, 2.05) is 36.7 Å². The van der Waals surface area contributed by atoms with Gasteiger partial charge in [0.15, 0.2) is 11.5 Å². The van der Waals surface area contributed by atoms with Crippen LogP contribution < -0.4 is 5.32 Å². The normalized spacial score (nSPS) is 10.9. The number of hydrogen-bond donors (Lipinski definition) is 1. The van der Waals surface area contributed by atoms with Crippen molar-refractivity contribution in [2.24, 2.45) is 0 Å². The molecule has 0 radical (unpaired) electrons. The van der Waals surface area contributed by atoms with Crippen LogP contribution in [-0.4, -0.2) is 25.5 Å². The number of nitrogens with zero attached hydrogens (tertiary/aromatic N) is 4. The van der Waals surface area contributed by atoms with Crippen molar-refractivity contribution in [2.45, 2.75) is 13.5 Å². The molecule has 2 heterocycles. The molecule has 0 aliphatic rings. The van der Waals surface area contributed by atoms with Gasteiger partial charge in [-0.1, -0.05) is 28.9 Å². The van der Waals surface area contributed by atoms with Gasteiger partial charge in [-0.05, 0) is 60.5 Å². The maximum Gasteiger partial charge on any atom is 0.280 e. The summed E-state index contributed by atoms with van der Waals surface area (Å²) in [7, 11) is 0. The lowest BCUT2D eigenvalue weighted by Crippen LogP contribution is -2.17. The monoisotopic (exact) mass is 409 g/mol. The van der Waals surface area contributed by atoms with Crippen LogP contribution in [0.25, 0.3) is 5.82 Å². The Labute approximate surface area is 171 Å². The summed E-state index contributed by atoms with van der Waals surface area (Å²) in [6.07, 6.45) is 3.63. The minimum absolute atomic E-state index is 0.166. The average Bonchev–Trinajstić information content (AvgIpc) is 3.35. The summed E-state index contributed by atoms with van der Waals surface area (Å²) in [6, 6.07) is 15.3. The van der Waals surface area contributed by atoms with Gasteiger partial charge in [-0.2, -0.15) is 0 Å². The van der Waals surface area contributed by atoms with Crippen molar-refractivity contribution in [3.8, 4) is 5.82 Å². The van der Waals surface area contributed by atoms with Crippen molar-refractivity contribution in [3.63, 3.8) is 0 Å². The van der Waals surface area contributed by atoms with Crippen LogP contribution >= 0.6 is 11.6 Å². The van der Waals surface area contributed by atoms with Crippen molar-refractivity contribution in [2.75, 3.05) is 5.32 Å². The number of halogens is 2. The first kappa shape index (κ1) is 18.9. The summed E-state index contributed by atoms with van der Waals surface area (Å²) in [5.41, 5.74) is 2.27. The van der Waals surface area contributed by atoms with Crippen LogP contribution in [0.2, 0.25) is 5.02 Å². The fourth-order valence-corrected chi connectivity index (χ4v) is 3.13. The minimum Gasteiger partial charge on any atom is -0.320 e. The van der Waals surface area contributed by atoms with Gasteiger partial charge in [0.05, 0.1) is 6.54 Å². The zero-order valence-corrected chi connectivity index (χ0v) is 16.3. The van der Waals surface area contributed by atoms with Gasteiger partial charge >= 0.3 is 0 Å². The minimum atomic E-state index is -0.425. The van der Waals surface area contributed by atoms with E-state index >= 15 is 0 Å². The topological polar surface area (TPSA) is 64.7 Å². The molecule has 0 saturated carbocycles. The van der Waals surface area contributed by atoms with Crippen molar-refractivity contribution < 1.29 is 9.18 Å². The van der Waals surface area contributed by atoms with Crippen LogP contribution in [0.15, 0.2) is 67.0 Å². The molecule has 146 valence electrons. The van der Waals surface area contributed by atoms with Crippen LogP contribution in [0, 0.1) is 12.7 Å². The fraction of sp³-hybridized carbons (Fsp3) is 0.0952. The third kappa shape index (κ3) is 4.05. The molecule has 4 rings (SSSR count). The molecule has 0 fully saturated rings. The molecule has 0 atom stereocenters. The molecule has 8 heteroatoms. The molecule has 2 aromatic heterocycles. The summed E-state index contributed by atoms with van der Waals surface area (Å²) < 4.78 is 16.8. The van der Waals surface area contributed by atoms with Crippen LogP contribution in [0.4, 0.5) is 10.1 Å². The standard InChI is InChI=1S/C21H17ClFN5O/c1-14-12-17(23)8-9-18(14)24-20(29)19-21(27-10-2-3-11-27)28(26-25-19)13-15-4-6-16(22)7-5-15/h2-12H,13H2,1H3,(H,24,29). The number of hydrogen-bond acceptors (Lipinski definition) is 3. The highest BCUT2D eigenvalue weighted by Crippen LogP contribution is 2.20. The third-order valence-corrected chi connectivity index (χ3v) is 4.71. The molecule has 29 heavy (non-hydrogen) atoms. The molecule has 0 saturated heterocycles. The van der Waals surface area contributed by atoms with Gasteiger partial charge in [0.1, 0.15) is 5.82 Å². The summed E-state index contributed by atoms with van der Waals surface area (Å²) in [6.45, 7) is 2.14. The largest absolute Gasteiger partial charge is 0.320 e. The first-order valence-corrected chi connectivity index (χ1v) is 9.28. The third-order valence-electron chi connectivity index (χ3n) is 4.46. The Hall–Kier alpha value is -3.45. The van der Waals surface area contributed by atoms with Crippen LogP contribution in [-0.2, 0) is 6.54 Å². The Kier molecular flexibility index (Phi) is 5.14. The van der Waals surface area contributed by atoms with Crippen molar-refractivity contribution in [3.05, 3.63) is 94.7 Å². The smallest absolute Gasteiger partial charge is 0.280 e. The Morgan fingerprint density at radius 1 is 1.14 bits per heavy atom. The molecule has 2 aromatic carbocycles. The Bertz CT molecular complexity index is 1150. The summed E-state index contributed by atoms with van der Waals surface area (Å²) in [4.78, 5) is 12.9. The number of aryl methyl sites for hydroxylation is 1. The molecule has 0 aliphatic carbocycles. The Balaban J connectivity index is 1.68. The van der Waals surface area contributed by atoms with Gasteiger partial charge in [0, 0.05) is 23.1 Å². The highest BCUT2D eigenvalue weighted by Gasteiger charge is 2.22.